The summed E-state index contributed by atoms with van der Waals surface area (Å²) in [5, 5.41) is 0. The summed E-state index contributed by atoms with van der Waals surface area (Å²) in [6.45, 7) is 10.4. The van der Waals surface area contributed by atoms with Gasteiger partial charge < -0.3 is 15.5 Å². The summed E-state index contributed by atoms with van der Waals surface area (Å²) in [4.78, 5) is 37.4. The van der Waals surface area contributed by atoms with Crippen LogP contribution in [0.1, 0.15) is 74.8 Å². The molecule has 0 aliphatic heterocycles. The minimum absolute atomic E-state index is 0.0608. The van der Waals surface area contributed by atoms with E-state index in [1.807, 2.05) is 120 Å². The number of carbonyl (C=O) groups is 2. The molecule has 324 valence electrons. The highest BCUT2D eigenvalue weighted by Gasteiger charge is 2.33. The van der Waals surface area contributed by atoms with E-state index >= 15 is 0 Å². The molecule has 0 saturated heterocycles. The molecule has 7 nitrogen and oxygen atoms in total. The molecule has 6 rings (SSSR count). The van der Waals surface area contributed by atoms with Crippen molar-refractivity contribution < 1.29 is 35.9 Å². The summed E-state index contributed by atoms with van der Waals surface area (Å²) in [6, 6.07) is 34.0. The number of nitrogens with zero attached hydrogens (tertiary/aromatic N) is 4. The van der Waals surface area contributed by atoms with Crippen LogP contribution in [0, 0.1) is 27.7 Å². The van der Waals surface area contributed by atoms with E-state index in [-0.39, 0.29) is 30.7 Å². The third-order valence-corrected chi connectivity index (χ3v) is 10.7. The Balaban J connectivity index is 0.000000234. The molecular formula is C49H49F6N5O2. The molecule has 2 heterocycles. The molecule has 2 N–H and O–H groups in total. The van der Waals surface area contributed by atoms with Gasteiger partial charge in [-0.1, -0.05) is 78.9 Å². The molecule has 0 spiro atoms. The fourth-order valence-electron chi connectivity index (χ4n) is 6.56. The van der Waals surface area contributed by atoms with E-state index in [0.717, 1.165) is 51.8 Å². The van der Waals surface area contributed by atoms with Gasteiger partial charge in [-0.25, -0.2) is 0 Å². The Hall–Kier alpha value is -6.34. The summed E-state index contributed by atoms with van der Waals surface area (Å²) in [7, 11) is 0. The van der Waals surface area contributed by atoms with Crippen molar-refractivity contribution in [1.82, 2.24) is 9.97 Å². The SMILES string of the molecule is Cc1ccc(N(CCc2ccc(C(F)(F)F)cn2)C(=O)[C@@H](N)c2ccccc2)cc1C.Cc1ccc(N(CCc2ccc(C(F)(F)F)nc2)C(=O)[C@@H](C)c2ccccc2)cc1C. The monoisotopic (exact) mass is 853 g/mol. The molecule has 6 aromatic rings. The Labute approximate surface area is 358 Å². The van der Waals surface area contributed by atoms with Crippen LogP contribution in [0.25, 0.3) is 0 Å². The average Bonchev–Trinajstić information content (AvgIpc) is 3.26. The number of halogens is 6. The third kappa shape index (κ3) is 12.4. The van der Waals surface area contributed by atoms with Crippen molar-refractivity contribution in [2.24, 2.45) is 5.73 Å². The Morgan fingerprint density at radius 3 is 1.58 bits per heavy atom. The second-order valence-corrected chi connectivity index (χ2v) is 15.1. The number of aryl methyl sites for hydroxylation is 4. The Kier molecular flexibility index (Phi) is 15.4. The molecule has 13 heteroatoms. The lowest BCUT2D eigenvalue weighted by Gasteiger charge is -2.27. The Morgan fingerprint density at radius 2 is 1.11 bits per heavy atom. The lowest BCUT2D eigenvalue weighted by atomic mass is 9.98. The largest absolute Gasteiger partial charge is 0.433 e. The van der Waals surface area contributed by atoms with Gasteiger partial charge in [-0.15, -0.1) is 0 Å². The maximum atomic E-state index is 13.4. The van der Waals surface area contributed by atoms with Crippen LogP contribution in [-0.2, 0) is 34.8 Å². The van der Waals surface area contributed by atoms with E-state index < -0.39 is 29.7 Å². The zero-order valence-electron chi connectivity index (χ0n) is 35.1. The Bertz CT molecular complexity index is 2240. The molecule has 0 aliphatic rings. The predicted octanol–water partition coefficient (Wildman–Crippen LogP) is 11.1. The number of rotatable bonds is 12. The van der Waals surface area contributed by atoms with E-state index in [2.05, 4.69) is 9.97 Å². The average molecular weight is 854 g/mol. The minimum atomic E-state index is -4.47. The molecule has 0 saturated carbocycles. The summed E-state index contributed by atoms with van der Waals surface area (Å²) < 4.78 is 76.6. The van der Waals surface area contributed by atoms with E-state index in [9.17, 15) is 35.9 Å². The maximum Gasteiger partial charge on any atom is 0.433 e. The van der Waals surface area contributed by atoms with E-state index in [1.54, 1.807) is 21.9 Å². The van der Waals surface area contributed by atoms with Crippen LogP contribution in [0.5, 0.6) is 0 Å². The topological polar surface area (TPSA) is 92.4 Å². The first-order chi connectivity index (χ1) is 29.3. The van der Waals surface area contributed by atoms with Gasteiger partial charge in [-0.2, -0.15) is 26.3 Å². The fourth-order valence-corrected chi connectivity index (χ4v) is 6.56. The molecule has 2 aromatic heterocycles. The molecule has 62 heavy (non-hydrogen) atoms. The van der Waals surface area contributed by atoms with Crippen molar-refractivity contribution in [2.45, 2.75) is 71.8 Å². The molecule has 0 bridgehead atoms. The van der Waals surface area contributed by atoms with Gasteiger partial charge in [0.15, 0.2) is 0 Å². The van der Waals surface area contributed by atoms with Crippen molar-refractivity contribution in [3.05, 3.63) is 190 Å². The first kappa shape index (κ1) is 46.7. The van der Waals surface area contributed by atoms with Gasteiger partial charge in [-0.3, -0.25) is 19.6 Å². The van der Waals surface area contributed by atoms with Crippen LogP contribution in [0.3, 0.4) is 0 Å². The first-order valence-electron chi connectivity index (χ1n) is 20.0. The summed E-state index contributed by atoms with van der Waals surface area (Å²) >= 11 is 0. The first-order valence-corrected chi connectivity index (χ1v) is 20.0. The fraction of sp³-hybridized carbons (Fsp3) is 0.265. The van der Waals surface area contributed by atoms with Crippen LogP contribution in [0.2, 0.25) is 0 Å². The number of carbonyl (C=O) groups excluding carboxylic acids is 2. The van der Waals surface area contributed by atoms with Gasteiger partial charge in [0.2, 0.25) is 11.8 Å². The van der Waals surface area contributed by atoms with Crippen LogP contribution in [0.4, 0.5) is 37.7 Å². The number of benzene rings is 4. The van der Waals surface area contributed by atoms with Crippen molar-refractivity contribution in [3.63, 3.8) is 0 Å². The van der Waals surface area contributed by atoms with Gasteiger partial charge in [-0.05, 0) is 122 Å². The maximum absolute atomic E-state index is 13.4. The van der Waals surface area contributed by atoms with E-state index in [0.29, 0.717) is 35.5 Å². The van der Waals surface area contributed by atoms with Crippen LogP contribution < -0.4 is 15.5 Å². The molecule has 0 radical (unpaired) electrons. The highest BCUT2D eigenvalue weighted by molar-refractivity contribution is 5.98. The second-order valence-electron chi connectivity index (χ2n) is 15.1. The van der Waals surface area contributed by atoms with Crippen LogP contribution in [-0.4, -0.2) is 34.9 Å². The minimum Gasteiger partial charge on any atom is -0.316 e. The number of amides is 2. The molecular weight excluding hydrogens is 805 g/mol. The summed E-state index contributed by atoms with van der Waals surface area (Å²) in [6.07, 6.45) is -6.18. The van der Waals surface area contributed by atoms with Crippen molar-refractivity contribution in [2.75, 3.05) is 22.9 Å². The van der Waals surface area contributed by atoms with Crippen LogP contribution in [0.15, 0.2) is 134 Å². The lowest BCUT2D eigenvalue weighted by molar-refractivity contribution is -0.141. The Morgan fingerprint density at radius 1 is 0.581 bits per heavy atom. The highest BCUT2D eigenvalue weighted by Crippen LogP contribution is 2.30. The third-order valence-electron chi connectivity index (χ3n) is 10.7. The molecule has 0 unspecified atom stereocenters. The second kappa shape index (κ2) is 20.5. The van der Waals surface area contributed by atoms with Gasteiger partial charge in [0.05, 0.1) is 11.5 Å². The van der Waals surface area contributed by atoms with Gasteiger partial charge in [0.25, 0.3) is 0 Å². The number of alkyl halides is 6. The number of nitrogens with two attached hydrogens (primary N) is 1. The normalized spacial score (nSPS) is 12.5. The van der Waals surface area contributed by atoms with E-state index in [4.69, 9.17) is 5.73 Å². The lowest BCUT2D eigenvalue weighted by Crippen LogP contribution is -2.40. The molecule has 0 fully saturated rings. The summed E-state index contributed by atoms with van der Waals surface area (Å²) in [5.74, 6) is -0.704. The van der Waals surface area contributed by atoms with Crippen molar-refractivity contribution in [1.29, 1.82) is 0 Å². The quantitative estimate of drug-likeness (QED) is 0.124. The molecule has 2 amide bonds. The molecule has 0 aliphatic carbocycles. The van der Waals surface area contributed by atoms with Gasteiger partial charge in [0.1, 0.15) is 11.7 Å². The zero-order valence-corrected chi connectivity index (χ0v) is 35.1. The smallest absolute Gasteiger partial charge is 0.316 e. The number of hydrogen-bond acceptors (Lipinski definition) is 5. The standard InChI is InChI=1S/C25H25F3N2O.C24H24F3N3O/c1-17-9-11-22(15-18(17)2)30(24(31)19(3)21-7-5-4-6-8-21)14-13-20-10-12-23(29-16-20)25(26,27)28;1-16-8-11-21(14-17(16)2)30(23(31)22(28)18-6-4-3-5-7-18)13-12-20-10-9-19(15-29-20)24(25,26)27/h4-12,15-16,19H,13-14H2,1-3H3;3-11,14-15,22H,12-13,28H2,1-2H3/t19-;22-/m00/s1. The highest BCUT2D eigenvalue weighted by atomic mass is 19.4. The van der Waals surface area contributed by atoms with E-state index in [1.165, 1.54) is 18.3 Å². The molecule has 2 atom stereocenters. The number of hydrogen-bond donors (Lipinski definition) is 1. The van der Waals surface area contributed by atoms with Crippen LogP contribution >= 0.6 is 0 Å². The van der Waals surface area contributed by atoms with Gasteiger partial charge in [0, 0.05) is 49.0 Å². The number of anilines is 2. The number of pyridine rings is 2. The number of aromatic nitrogens is 2. The molecule has 4 aromatic carbocycles. The van der Waals surface area contributed by atoms with Crippen molar-refractivity contribution in [3.8, 4) is 0 Å². The predicted molar refractivity (Wildman–Crippen MR) is 231 cm³/mol. The van der Waals surface area contributed by atoms with Gasteiger partial charge >= 0.3 is 12.4 Å². The summed E-state index contributed by atoms with van der Waals surface area (Å²) in [5.41, 5.74) is 13.0. The zero-order chi connectivity index (χ0) is 45.2. The van der Waals surface area contributed by atoms with Crippen molar-refractivity contribution >= 4 is 23.2 Å².